The van der Waals surface area contributed by atoms with Crippen molar-refractivity contribution < 1.29 is 8.42 Å². The number of aromatic nitrogens is 4. The van der Waals surface area contributed by atoms with Gasteiger partial charge in [-0.05, 0) is 36.4 Å². The largest absolute Gasteiger partial charge is 0.284 e. The average molecular weight is 310 g/mol. The van der Waals surface area contributed by atoms with Crippen molar-refractivity contribution in [3.05, 3.63) is 60.8 Å². The highest BCUT2D eigenvalue weighted by molar-refractivity contribution is 7.90. The SMILES string of the molecule is O=S(=O)(c1ccc2ncccc2c1)n1nnc2ccccc21. The van der Waals surface area contributed by atoms with Crippen LogP contribution < -0.4 is 0 Å². The quantitative estimate of drug-likeness (QED) is 0.567. The average Bonchev–Trinajstić information content (AvgIpc) is 2.99. The van der Waals surface area contributed by atoms with E-state index in [0.29, 0.717) is 11.0 Å². The number of fused-ring (bicyclic) bond motifs is 2. The van der Waals surface area contributed by atoms with Crippen LogP contribution in [-0.2, 0) is 10.0 Å². The van der Waals surface area contributed by atoms with E-state index in [0.717, 1.165) is 15.0 Å². The number of nitrogens with zero attached hydrogens (tertiary/aromatic N) is 4. The molecule has 0 saturated carbocycles. The minimum absolute atomic E-state index is 0.156. The Kier molecular flexibility index (Phi) is 2.70. The molecule has 0 unspecified atom stereocenters. The summed E-state index contributed by atoms with van der Waals surface area (Å²) < 4.78 is 26.5. The second-order valence-corrected chi connectivity index (χ2v) is 6.55. The van der Waals surface area contributed by atoms with E-state index in [1.54, 1.807) is 48.7 Å². The summed E-state index contributed by atoms with van der Waals surface area (Å²) >= 11 is 0. The lowest BCUT2D eigenvalue weighted by Crippen LogP contribution is -2.14. The summed E-state index contributed by atoms with van der Waals surface area (Å²) in [6.45, 7) is 0. The summed E-state index contributed by atoms with van der Waals surface area (Å²) in [7, 11) is -3.80. The summed E-state index contributed by atoms with van der Waals surface area (Å²) in [5, 5.41) is 8.44. The highest BCUT2D eigenvalue weighted by Gasteiger charge is 2.21. The Morgan fingerprint density at radius 1 is 0.909 bits per heavy atom. The van der Waals surface area contributed by atoms with Crippen molar-refractivity contribution >= 4 is 32.0 Å². The molecule has 0 aliphatic rings. The van der Waals surface area contributed by atoms with Gasteiger partial charge in [0.1, 0.15) is 11.0 Å². The van der Waals surface area contributed by atoms with Gasteiger partial charge in [0.05, 0.1) is 10.4 Å². The third-order valence-electron chi connectivity index (χ3n) is 3.42. The van der Waals surface area contributed by atoms with Crippen LogP contribution in [0.1, 0.15) is 0 Å². The van der Waals surface area contributed by atoms with E-state index in [2.05, 4.69) is 15.3 Å². The van der Waals surface area contributed by atoms with Crippen LogP contribution in [0.25, 0.3) is 21.9 Å². The first-order chi connectivity index (χ1) is 10.7. The summed E-state index contributed by atoms with van der Waals surface area (Å²) in [5.74, 6) is 0. The first kappa shape index (κ1) is 12.9. The van der Waals surface area contributed by atoms with Crippen LogP contribution in [0.5, 0.6) is 0 Å². The van der Waals surface area contributed by atoms with Crippen molar-refractivity contribution in [2.45, 2.75) is 4.90 Å². The Morgan fingerprint density at radius 3 is 2.68 bits per heavy atom. The molecule has 0 bridgehead atoms. The molecule has 0 saturated heterocycles. The second kappa shape index (κ2) is 4.60. The number of benzene rings is 2. The highest BCUT2D eigenvalue weighted by Crippen LogP contribution is 2.21. The first-order valence-corrected chi connectivity index (χ1v) is 8.01. The molecule has 108 valence electrons. The monoisotopic (exact) mass is 310 g/mol. The normalized spacial score (nSPS) is 12.0. The van der Waals surface area contributed by atoms with Crippen LogP contribution >= 0.6 is 0 Å². The molecule has 0 aliphatic heterocycles. The Labute approximate surface area is 126 Å². The summed E-state index contributed by atoms with van der Waals surface area (Å²) in [5.41, 5.74) is 1.73. The highest BCUT2D eigenvalue weighted by atomic mass is 32.2. The molecule has 2 aromatic carbocycles. The van der Waals surface area contributed by atoms with E-state index in [9.17, 15) is 8.42 Å². The minimum atomic E-state index is -3.80. The number of para-hydroxylation sites is 1. The fourth-order valence-corrected chi connectivity index (χ4v) is 3.60. The van der Waals surface area contributed by atoms with Crippen molar-refractivity contribution in [3.8, 4) is 0 Å². The molecule has 0 spiro atoms. The lowest BCUT2D eigenvalue weighted by Gasteiger charge is -2.06. The molecule has 0 N–H and O–H groups in total. The molecule has 22 heavy (non-hydrogen) atoms. The first-order valence-electron chi connectivity index (χ1n) is 6.57. The van der Waals surface area contributed by atoms with Crippen molar-refractivity contribution in [1.82, 2.24) is 19.4 Å². The van der Waals surface area contributed by atoms with Crippen molar-refractivity contribution in [2.75, 3.05) is 0 Å². The topological polar surface area (TPSA) is 77.7 Å². The Morgan fingerprint density at radius 2 is 1.77 bits per heavy atom. The maximum atomic E-state index is 12.8. The van der Waals surface area contributed by atoms with Gasteiger partial charge < -0.3 is 0 Å². The Balaban J connectivity index is 1.95. The van der Waals surface area contributed by atoms with Crippen LogP contribution in [0.15, 0.2) is 65.7 Å². The predicted molar refractivity (Wildman–Crippen MR) is 81.9 cm³/mol. The third kappa shape index (κ3) is 1.86. The van der Waals surface area contributed by atoms with Gasteiger partial charge in [-0.25, -0.2) is 0 Å². The van der Waals surface area contributed by atoms with Gasteiger partial charge in [-0.1, -0.05) is 23.4 Å². The minimum Gasteiger partial charge on any atom is -0.256 e. The zero-order valence-corrected chi connectivity index (χ0v) is 12.1. The van der Waals surface area contributed by atoms with Crippen LogP contribution in [0.3, 0.4) is 0 Å². The second-order valence-electron chi connectivity index (χ2n) is 4.78. The van der Waals surface area contributed by atoms with Gasteiger partial charge >= 0.3 is 0 Å². The molecule has 7 heteroatoms. The standard InChI is InChI=1S/C15H10N4O2S/c20-22(21,19-15-6-2-1-5-14(15)17-18-19)12-7-8-13-11(10-12)4-3-9-16-13/h1-10H. The molecule has 2 aromatic heterocycles. The number of rotatable bonds is 2. The molecule has 6 nitrogen and oxygen atoms in total. The van der Waals surface area contributed by atoms with Gasteiger partial charge in [0.2, 0.25) is 0 Å². The molecule has 4 aromatic rings. The van der Waals surface area contributed by atoms with Crippen molar-refractivity contribution in [2.24, 2.45) is 0 Å². The molecule has 0 amide bonds. The smallest absolute Gasteiger partial charge is 0.256 e. The molecule has 0 aliphatic carbocycles. The van der Waals surface area contributed by atoms with Crippen LogP contribution in [0, 0.1) is 0 Å². The fraction of sp³-hybridized carbons (Fsp3) is 0. The maximum absolute atomic E-state index is 12.8. The molecule has 0 atom stereocenters. The maximum Gasteiger partial charge on any atom is 0.284 e. The van der Waals surface area contributed by atoms with Crippen LogP contribution in [0.2, 0.25) is 0 Å². The van der Waals surface area contributed by atoms with E-state index in [1.807, 2.05) is 6.07 Å². The number of hydrogen-bond acceptors (Lipinski definition) is 5. The number of hydrogen-bond donors (Lipinski definition) is 0. The summed E-state index contributed by atoms with van der Waals surface area (Å²) in [4.78, 5) is 4.34. The summed E-state index contributed by atoms with van der Waals surface area (Å²) in [6, 6.07) is 15.3. The molecule has 0 fully saturated rings. The van der Waals surface area contributed by atoms with E-state index in [-0.39, 0.29) is 4.90 Å². The Hall–Kier alpha value is -2.80. The van der Waals surface area contributed by atoms with E-state index in [1.165, 1.54) is 6.07 Å². The predicted octanol–water partition coefficient (Wildman–Crippen LogP) is 2.22. The zero-order valence-electron chi connectivity index (χ0n) is 11.3. The van der Waals surface area contributed by atoms with E-state index >= 15 is 0 Å². The molecule has 0 radical (unpaired) electrons. The molecule has 2 heterocycles. The van der Waals surface area contributed by atoms with Crippen LogP contribution in [-0.4, -0.2) is 27.8 Å². The van der Waals surface area contributed by atoms with Crippen molar-refractivity contribution in [1.29, 1.82) is 0 Å². The van der Waals surface area contributed by atoms with Gasteiger partial charge in [0, 0.05) is 11.6 Å². The third-order valence-corrected chi connectivity index (χ3v) is 5.00. The zero-order chi connectivity index (χ0) is 15.2. The van der Waals surface area contributed by atoms with Gasteiger partial charge in [-0.3, -0.25) is 4.98 Å². The summed E-state index contributed by atoms with van der Waals surface area (Å²) in [6.07, 6.45) is 1.67. The lowest BCUT2D eigenvalue weighted by molar-refractivity contribution is 0.579. The fourth-order valence-electron chi connectivity index (χ4n) is 2.34. The lowest BCUT2D eigenvalue weighted by atomic mass is 10.2. The molecule has 4 rings (SSSR count). The Bertz CT molecular complexity index is 1100. The van der Waals surface area contributed by atoms with Crippen molar-refractivity contribution in [3.63, 3.8) is 0 Å². The van der Waals surface area contributed by atoms with Gasteiger partial charge in [0.25, 0.3) is 10.0 Å². The van der Waals surface area contributed by atoms with Gasteiger partial charge in [-0.2, -0.15) is 8.42 Å². The van der Waals surface area contributed by atoms with Gasteiger partial charge in [-0.15, -0.1) is 9.19 Å². The molecular formula is C15H10N4O2S. The van der Waals surface area contributed by atoms with Gasteiger partial charge in [0.15, 0.2) is 0 Å². The number of pyridine rings is 1. The van der Waals surface area contributed by atoms with Crippen LogP contribution in [0.4, 0.5) is 0 Å². The van der Waals surface area contributed by atoms with E-state index < -0.39 is 10.0 Å². The molecular weight excluding hydrogens is 300 g/mol. The van der Waals surface area contributed by atoms with E-state index in [4.69, 9.17) is 0 Å².